The van der Waals surface area contributed by atoms with E-state index >= 15 is 0 Å². The Kier molecular flexibility index (Phi) is 24.9. The normalized spacial score (nSPS) is 17.2. The van der Waals surface area contributed by atoms with Gasteiger partial charge in [0.1, 0.15) is 0 Å². The van der Waals surface area contributed by atoms with Crippen LogP contribution in [-0.2, 0) is 20.4 Å². The van der Waals surface area contributed by atoms with Gasteiger partial charge < -0.3 is 37.2 Å². The van der Waals surface area contributed by atoms with Crippen molar-refractivity contribution in [2.75, 3.05) is 0 Å². The van der Waals surface area contributed by atoms with E-state index in [9.17, 15) is 0 Å². The molecule has 5 heteroatoms. The Labute approximate surface area is 263 Å². The first-order valence-corrected chi connectivity index (χ1v) is 16.9. The number of allylic oxidation sites excluding steroid dienone is 4. The Balaban J connectivity index is 0. The van der Waals surface area contributed by atoms with Gasteiger partial charge in [-0.25, -0.2) is 0 Å². The Bertz CT molecular complexity index is 763. The molecule has 37 heavy (non-hydrogen) atoms. The Hall–Kier alpha value is 0.501. The van der Waals surface area contributed by atoms with Crippen molar-refractivity contribution in [3.8, 4) is 0 Å². The summed E-state index contributed by atoms with van der Waals surface area (Å²) in [6.45, 7) is 9.64. The van der Waals surface area contributed by atoms with Crippen molar-refractivity contribution in [2.24, 2.45) is 5.41 Å². The van der Waals surface area contributed by atoms with Crippen molar-refractivity contribution in [1.82, 2.24) is 0 Å². The van der Waals surface area contributed by atoms with Crippen molar-refractivity contribution in [3.63, 3.8) is 0 Å². The topological polar surface area (TPSA) is 0 Å². The van der Waals surface area contributed by atoms with Crippen molar-refractivity contribution >= 4 is 14.7 Å². The second-order valence-corrected chi connectivity index (χ2v) is 13.8. The van der Waals surface area contributed by atoms with Gasteiger partial charge >= 0.3 is 170 Å². The van der Waals surface area contributed by atoms with E-state index < -0.39 is 0 Å². The third kappa shape index (κ3) is 14.1. The Morgan fingerprint density at radius 1 is 0.649 bits per heavy atom. The number of hydrogen-bond donors (Lipinski definition) is 0. The van der Waals surface area contributed by atoms with Crippen LogP contribution in [-0.4, -0.2) is 9.52 Å². The molecule has 1 atom stereocenters. The largest absolute Gasteiger partial charge is 1.00 e. The standard InChI is InChI=1S/C32H53Si.3ClH.Ti/c1-5-6-7-8-9-10-11-12-13-14-15-16-17-18-19-23-26-32(4)29(3)28(2)27-31(32)33-30-24-21-20-22-25-30;;;;/h20-22,24-25H,5-19,23,26,33H2,1-4H3;3*1H;/q;;;;+3/p-3. The minimum Gasteiger partial charge on any atom is -1.00 e. The van der Waals surface area contributed by atoms with Gasteiger partial charge in [-0.2, -0.15) is 0 Å². The zero-order chi connectivity index (χ0) is 24.7. The maximum Gasteiger partial charge on any atom is -1.00 e. The molecule has 0 nitrogen and oxygen atoms in total. The molecule has 0 heterocycles. The number of unbranched alkanes of at least 4 members (excludes halogenated alkanes) is 15. The summed E-state index contributed by atoms with van der Waals surface area (Å²) in [5.74, 6) is 0. The van der Waals surface area contributed by atoms with E-state index in [4.69, 9.17) is 0 Å². The molecule has 0 aliphatic heterocycles. The summed E-state index contributed by atoms with van der Waals surface area (Å²) in [7, 11) is -0.379. The molecule has 1 aliphatic carbocycles. The van der Waals surface area contributed by atoms with E-state index in [1.165, 1.54) is 109 Å². The molecular formula is C32H53Cl3SiTi. The molecule has 0 N–H and O–H groups in total. The molecule has 210 valence electrons. The second kappa shape index (κ2) is 23.2. The van der Waals surface area contributed by atoms with Crippen LogP contribution >= 0.6 is 0 Å². The fraction of sp³-hybridized carbons (Fsp3) is 0.688. The first-order valence-electron chi connectivity index (χ1n) is 14.7. The summed E-state index contributed by atoms with van der Waals surface area (Å²) >= 11 is 2.39. The number of halogens is 3. The zero-order valence-electron chi connectivity index (χ0n) is 24.2. The predicted molar refractivity (Wildman–Crippen MR) is 152 cm³/mol. The predicted octanol–water partition coefficient (Wildman–Crippen LogP) is 0.259. The van der Waals surface area contributed by atoms with E-state index in [1.807, 2.05) is 5.20 Å². The molecule has 0 aromatic heterocycles. The SMILES string of the molecule is CCCCCCCCCCCCCCCCCCC1(C)C(C)=C(C)[C]([Ti+3])=C1[SiH2]c1ccccc1.[Cl-].[Cl-].[Cl-]. The van der Waals surface area contributed by atoms with Crippen LogP contribution in [0.5, 0.6) is 0 Å². The second-order valence-electron chi connectivity index (χ2n) is 11.2. The molecule has 1 aliphatic rings. The average molecular weight is 620 g/mol. The average Bonchev–Trinajstić information content (AvgIpc) is 3.00. The summed E-state index contributed by atoms with van der Waals surface area (Å²) in [6, 6.07) is 11.3. The van der Waals surface area contributed by atoms with Crippen LogP contribution in [0.3, 0.4) is 0 Å². The van der Waals surface area contributed by atoms with Gasteiger partial charge in [-0.1, -0.05) is 58.3 Å². The minimum atomic E-state index is -0.379. The first-order chi connectivity index (χ1) is 16.5. The van der Waals surface area contributed by atoms with E-state index in [-0.39, 0.29) is 46.7 Å². The van der Waals surface area contributed by atoms with Gasteiger partial charge in [-0.3, -0.25) is 0 Å². The van der Waals surface area contributed by atoms with Crippen LogP contribution in [0.2, 0.25) is 0 Å². The first kappa shape index (κ1) is 39.6. The third-order valence-corrected chi connectivity index (χ3v) is 12.5. The van der Waals surface area contributed by atoms with Crippen molar-refractivity contribution in [1.29, 1.82) is 0 Å². The summed E-state index contributed by atoms with van der Waals surface area (Å²) in [5, 5.41) is 3.41. The molecule has 0 bridgehead atoms. The fourth-order valence-electron chi connectivity index (χ4n) is 5.78. The number of hydrogen-bond acceptors (Lipinski definition) is 0. The number of benzene rings is 1. The Morgan fingerprint density at radius 3 is 1.49 bits per heavy atom. The van der Waals surface area contributed by atoms with Gasteiger partial charge in [-0.15, -0.1) is 0 Å². The third-order valence-electron chi connectivity index (χ3n) is 8.49. The van der Waals surface area contributed by atoms with Gasteiger partial charge in [-0.05, 0) is 0 Å². The van der Waals surface area contributed by atoms with Gasteiger partial charge in [0.25, 0.3) is 0 Å². The molecule has 0 saturated carbocycles. The van der Waals surface area contributed by atoms with Gasteiger partial charge in [0, 0.05) is 0 Å². The van der Waals surface area contributed by atoms with Gasteiger partial charge in [0.05, 0.1) is 0 Å². The molecule has 0 amide bonds. The quantitative estimate of drug-likeness (QED) is 0.154. The monoisotopic (exact) mass is 618 g/mol. The summed E-state index contributed by atoms with van der Waals surface area (Å²) < 4.78 is 1.62. The molecule has 0 radical (unpaired) electrons. The van der Waals surface area contributed by atoms with E-state index in [2.05, 4.69) is 78.5 Å². The minimum absolute atomic E-state index is 0. The molecule has 2 rings (SSSR count). The molecule has 1 unspecified atom stereocenters. The van der Waals surface area contributed by atoms with Crippen LogP contribution in [0, 0.1) is 5.41 Å². The summed E-state index contributed by atoms with van der Waals surface area (Å²) in [5.41, 5.74) is 3.56. The van der Waals surface area contributed by atoms with Gasteiger partial charge in [0.2, 0.25) is 0 Å². The maximum absolute atomic E-state index is 2.55. The zero-order valence-corrected chi connectivity index (χ0v) is 29.5. The summed E-state index contributed by atoms with van der Waals surface area (Å²) in [4.78, 5) is 0. The van der Waals surface area contributed by atoms with Crippen molar-refractivity contribution in [2.45, 2.75) is 137 Å². The van der Waals surface area contributed by atoms with Crippen LogP contribution in [0.15, 0.2) is 50.6 Å². The van der Waals surface area contributed by atoms with Crippen LogP contribution in [0.25, 0.3) is 0 Å². The van der Waals surface area contributed by atoms with E-state index in [1.54, 1.807) is 20.2 Å². The van der Waals surface area contributed by atoms with Crippen LogP contribution in [0.4, 0.5) is 0 Å². The molecule has 0 spiro atoms. The number of rotatable bonds is 19. The van der Waals surface area contributed by atoms with Gasteiger partial charge in [0.15, 0.2) is 0 Å². The smallest absolute Gasteiger partial charge is 1.00 e. The van der Waals surface area contributed by atoms with Crippen LogP contribution < -0.4 is 42.4 Å². The van der Waals surface area contributed by atoms with Crippen molar-refractivity contribution < 1.29 is 57.7 Å². The molecule has 1 aromatic carbocycles. The molecule has 0 fully saturated rings. The molecular weight excluding hydrogens is 567 g/mol. The maximum atomic E-state index is 2.55. The van der Waals surface area contributed by atoms with Crippen molar-refractivity contribution in [3.05, 3.63) is 50.6 Å². The summed E-state index contributed by atoms with van der Waals surface area (Å²) in [6.07, 6.45) is 24.5. The molecule has 1 aromatic rings. The molecule has 0 saturated heterocycles. The van der Waals surface area contributed by atoms with E-state index in [0.717, 1.165) is 0 Å². The fourth-order valence-corrected chi connectivity index (χ4v) is 9.11. The Morgan fingerprint density at radius 2 is 1.05 bits per heavy atom. The van der Waals surface area contributed by atoms with E-state index in [0.29, 0.717) is 5.41 Å². The van der Waals surface area contributed by atoms with Crippen LogP contribution in [0.1, 0.15) is 137 Å².